The van der Waals surface area contributed by atoms with Crippen molar-refractivity contribution in [3.63, 3.8) is 0 Å². The van der Waals surface area contributed by atoms with Crippen molar-refractivity contribution in [1.82, 2.24) is 42.2 Å². The van der Waals surface area contributed by atoms with E-state index in [0.717, 1.165) is 10.9 Å². The molecule has 0 bridgehead atoms. The number of carboxylic acid groups (broad SMARTS) is 3. The number of benzene rings is 3. The van der Waals surface area contributed by atoms with Gasteiger partial charge in [0, 0.05) is 49.2 Å². The van der Waals surface area contributed by atoms with E-state index < -0.39 is 145 Å². The second-order valence-corrected chi connectivity index (χ2v) is 20.0. The summed E-state index contributed by atoms with van der Waals surface area (Å²) in [6.07, 6.45) is -0.203. The van der Waals surface area contributed by atoms with E-state index in [1.54, 1.807) is 84.1 Å². The maximum absolute atomic E-state index is 14.5. The molecule has 14 N–H and O–H groups in total. The van der Waals surface area contributed by atoms with Crippen LogP contribution in [-0.2, 0) is 67.2 Å². The summed E-state index contributed by atoms with van der Waals surface area (Å²) in [6, 6.07) is 10.2. The SMILES string of the molecule is CC[C@H](C)[C@H](NC(=O)[C@@H](N)CCC(=O)O)C(=O)N[C@@H](Cc1ccc(O)cc1)C(=O)N[C@@H](Cc1ccccc1)C(=O)N[C@@H](CCC(=O)O)C(=O)N[C@H](C(=O)N[C@H](C(=O)N[C@@H](Cc1c[nH]c2ccccc12)C(=O)O)C(C)C)C(C)C. The molecule has 7 amide bonds. The number of amides is 7. The number of aromatic hydroxyl groups is 1. The molecule has 23 nitrogen and oxygen atoms in total. The maximum Gasteiger partial charge on any atom is 0.326 e. The van der Waals surface area contributed by atoms with Crippen molar-refractivity contribution in [3.05, 3.63) is 102 Å². The highest BCUT2D eigenvalue weighted by molar-refractivity contribution is 5.98. The molecule has 9 atom stereocenters. The summed E-state index contributed by atoms with van der Waals surface area (Å²) in [5.41, 5.74) is 8.36. The molecule has 0 saturated carbocycles. The molecule has 0 radical (unpaired) electrons. The number of fused-ring (bicyclic) bond motifs is 1. The minimum atomic E-state index is -1.63. The Hall–Kier alpha value is -8.34. The normalized spacial score (nSPS) is 14.7. The number of aromatic nitrogens is 1. The number of rotatable bonds is 31. The van der Waals surface area contributed by atoms with Gasteiger partial charge in [-0.1, -0.05) is 109 Å². The number of carboxylic acids is 3. The Bertz CT molecular complexity index is 2730. The minimum absolute atomic E-state index is 0.0830. The van der Waals surface area contributed by atoms with Crippen LogP contribution >= 0.6 is 0 Å². The second kappa shape index (κ2) is 29.8. The van der Waals surface area contributed by atoms with Crippen LogP contribution < -0.4 is 43.0 Å². The number of phenols is 1. The number of aliphatic carboxylic acids is 3. The van der Waals surface area contributed by atoms with E-state index in [4.69, 9.17) is 10.8 Å². The fourth-order valence-electron chi connectivity index (χ4n) is 8.40. The minimum Gasteiger partial charge on any atom is -0.508 e. The van der Waals surface area contributed by atoms with Crippen molar-refractivity contribution in [2.45, 2.75) is 141 Å². The summed E-state index contributed by atoms with van der Waals surface area (Å²) in [5.74, 6) is -11.8. The van der Waals surface area contributed by atoms with Crippen LogP contribution in [0.3, 0.4) is 0 Å². The van der Waals surface area contributed by atoms with Gasteiger partial charge in [-0.2, -0.15) is 0 Å². The number of hydrogen-bond donors (Lipinski definition) is 13. The van der Waals surface area contributed by atoms with Gasteiger partial charge in [0.15, 0.2) is 0 Å². The molecule has 1 heterocycles. The quantitative estimate of drug-likeness (QED) is 0.0342. The van der Waals surface area contributed by atoms with Crippen molar-refractivity contribution in [3.8, 4) is 5.75 Å². The Morgan fingerprint density at radius 3 is 1.50 bits per heavy atom. The molecule has 23 heteroatoms. The Morgan fingerprint density at radius 2 is 0.949 bits per heavy atom. The third kappa shape index (κ3) is 19.0. The summed E-state index contributed by atoms with van der Waals surface area (Å²) in [4.78, 5) is 137. The van der Waals surface area contributed by atoms with E-state index in [1.165, 1.54) is 24.3 Å². The highest BCUT2D eigenvalue weighted by atomic mass is 16.4. The number of aromatic amines is 1. The number of hydrogen-bond acceptors (Lipinski definition) is 12. The summed E-state index contributed by atoms with van der Waals surface area (Å²) >= 11 is 0. The standard InChI is InChI=1S/C55H73N9O14/c1-7-31(6)47(64-48(70)37(56)21-23-43(66)67)54(76)60-41(26-33-17-19-35(65)20-18-33)51(73)59-40(25-32-13-9-8-10-14-32)50(72)58-39(22-24-44(68)69)49(71)62-46(30(4)5)53(75)63-45(29(2)3)52(74)61-42(55(77)78)27-34-28-57-38-16-12-11-15-36(34)38/h8-20,28-31,37,39-42,45-47,57,65H,7,21-27,56H2,1-6H3,(H,58,72)(H,59,73)(H,60,76)(H,61,74)(H,62,71)(H,63,75)(H,64,70)(H,66,67)(H,68,69)(H,77,78)/t31-,37-,39-,40-,41-,42-,45-,46-,47-/m0/s1. The van der Waals surface area contributed by atoms with Crippen molar-refractivity contribution < 1.29 is 68.4 Å². The molecule has 4 aromatic rings. The topological polar surface area (TPSA) is 378 Å². The van der Waals surface area contributed by atoms with E-state index in [9.17, 15) is 63.3 Å². The molecule has 3 aromatic carbocycles. The predicted octanol–water partition coefficient (Wildman–Crippen LogP) is 1.79. The smallest absolute Gasteiger partial charge is 0.326 e. The molecule has 0 unspecified atom stereocenters. The molecule has 1 aromatic heterocycles. The van der Waals surface area contributed by atoms with Crippen LogP contribution in [0.1, 0.15) is 90.3 Å². The Kier molecular flexibility index (Phi) is 23.8. The van der Waals surface area contributed by atoms with Crippen LogP contribution in [0.4, 0.5) is 0 Å². The highest BCUT2D eigenvalue weighted by Crippen LogP contribution is 2.20. The molecule has 422 valence electrons. The van der Waals surface area contributed by atoms with E-state index >= 15 is 0 Å². The molecule has 0 saturated heterocycles. The third-order valence-electron chi connectivity index (χ3n) is 13.2. The Balaban J connectivity index is 1.59. The van der Waals surface area contributed by atoms with Crippen LogP contribution in [0, 0.1) is 17.8 Å². The zero-order valence-corrected chi connectivity index (χ0v) is 44.5. The van der Waals surface area contributed by atoms with E-state index in [-0.39, 0.29) is 31.4 Å². The monoisotopic (exact) mass is 1080 g/mol. The third-order valence-corrected chi connectivity index (χ3v) is 13.2. The molecule has 0 aliphatic rings. The van der Waals surface area contributed by atoms with Crippen LogP contribution in [0.15, 0.2) is 85.1 Å². The van der Waals surface area contributed by atoms with Gasteiger partial charge in [0.2, 0.25) is 41.4 Å². The van der Waals surface area contributed by atoms with E-state index in [2.05, 4.69) is 42.2 Å². The van der Waals surface area contributed by atoms with Crippen molar-refractivity contribution >= 4 is 70.2 Å². The lowest BCUT2D eigenvalue weighted by Gasteiger charge is -2.30. The highest BCUT2D eigenvalue weighted by Gasteiger charge is 2.37. The molecule has 0 spiro atoms. The van der Waals surface area contributed by atoms with Gasteiger partial charge in [-0.15, -0.1) is 0 Å². The molecule has 4 rings (SSSR count). The van der Waals surface area contributed by atoms with Crippen molar-refractivity contribution in [2.24, 2.45) is 23.5 Å². The van der Waals surface area contributed by atoms with Crippen molar-refractivity contribution in [2.75, 3.05) is 0 Å². The van der Waals surface area contributed by atoms with Crippen molar-refractivity contribution in [1.29, 1.82) is 0 Å². The van der Waals surface area contributed by atoms with E-state index in [0.29, 0.717) is 23.1 Å². The van der Waals surface area contributed by atoms with Gasteiger partial charge in [0.05, 0.1) is 6.04 Å². The van der Waals surface area contributed by atoms with Gasteiger partial charge in [0.1, 0.15) is 48.0 Å². The lowest BCUT2D eigenvalue weighted by Crippen LogP contribution is -2.62. The van der Waals surface area contributed by atoms with Crippen LogP contribution in [0.5, 0.6) is 5.75 Å². The lowest BCUT2D eigenvalue weighted by atomic mass is 9.96. The zero-order valence-electron chi connectivity index (χ0n) is 44.5. The van der Waals surface area contributed by atoms with Gasteiger partial charge in [-0.3, -0.25) is 43.2 Å². The first kappa shape index (κ1) is 62.2. The number of carbonyl (C=O) groups excluding carboxylic acids is 7. The summed E-state index contributed by atoms with van der Waals surface area (Å²) < 4.78 is 0. The van der Waals surface area contributed by atoms with Gasteiger partial charge in [-0.25, -0.2) is 4.79 Å². The number of para-hydroxylation sites is 1. The largest absolute Gasteiger partial charge is 0.508 e. The fourth-order valence-corrected chi connectivity index (χ4v) is 8.40. The molecule has 0 aliphatic heterocycles. The van der Waals surface area contributed by atoms with E-state index in [1.807, 2.05) is 18.2 Å². The molecular weight excluding hydrogens is 1010 g/mol. The molecule has 0 fully saturated rings. The summed E-state index contributed by atoms with van der Waals surface area (Å²) in [7, 11) is 0. The summed E-state index contributed by atoms with van der Waals surface area (Å²) in [5, 5.41) is 57.9. The predicted molar refractivity (Wildman–Crippen MR) is 286 cm³/mol. The van der Waals surface area contributed by atoms with Crippen LogP contribution in [0.2, 0.25) is 0 Å². The Labute approximate surface area is 451 Å². The first-order valence-corrected chi connectivity index (χ1v) is 25.8. The maximum atomic E-state index is 14.5. The first-order chi connectivity index (χ1) is 36.9. The van der Waals surface area contributed by atoms with Gasteiger partial charge in [0.25, 0.3) is 0 Å². The average molecular weight is 1080 g/mol. The number of phenolic OH excluding ortho intramolecular Hbond substituents is 1. The Morgan fingerprint density at radius 1 is 0.500 bits per heavy atom. The fraction of sp³-hybridized carbons (Fsp3) is 0.455. The number of nitrogens with one attached hydrogen (secondary N) is 8. The van der Waals surface area contributed by atoms with Crippen LogP contribution in [-0.4, -0.2) is 133 Å². The first-order valence-electron chi connectivity index (χ1n) is 25.8. The molecule has 0 aliphatic carbocycles. The molecular formula is C55H73N9O14. The van der Waals surface area contributed by atoms with Crippen LogP contribution in [0.25, 0.3) is 10.9 Å². The molecule has 78 heavy (non-hydrogen) atoms. The number of H-pyrrole nitrogens is 1. The summed E-state index contributed by atoms with van der Waals surface area (Å²) in [6.45, 7) is 9.87. The average Bonchev–Trinajstić information content (AvgIpc) is 3.81. The number of nitrogens with two attached hydrogens (primary N) is 1. The lowest BCUT2D eigenvalue weighted by molar-refractivity contribution is -0.142. The van der Waals surface area contributed by atoms with Gasteiger partial charge in [-0.05, 0) is 65.5 Å². The second-order valence-electron chi connectivity index (χ2n) is 20.0. The van der Waals surface area contributed by atoms with Gasteiger partial charge >= 0.3 is 17.9 Å². The zero-order chi connectivity index (χ0) is 57.8. The number of carbonyl (C=O) groups is 10. The van der Waals surface area contributed by atoms with Gasteiger partial charge < -0.3 is 68.4 Å².